The smallest absolute Gasteiger partial charge is 0.259 e. The first-order chi connectivity index (χ1) is 11.5. The molecule has 0 bridgehead atoms. The Kier molecular flexibility index (Phi) is 4.36. The van der Waals surface area contributed by atoms with Crippen molar-refractivity contribution in [3.05, 3.63) is 70.2 Å². The van der Waals surface area contributed by atoms with Gasteiger partial charge in [0.2, 0.25) is 0 Å². The maximum Gasteiger partial charge on any atom is 0.259 e. The Balaban J connectivity index is 1.84. The maximum atomic E-state index is 12.5. The number of carbonyl (C=O) groups excluding carboxylic acids is 2. The van der Waals surface area contributed by atoms with Gasteiger partial charge in [0.1, 0.15) is 0 Å². The molecule has 0 aliphatic heterocycles. The van der Waals surface area contributed by atoms with Crippen molar-refractivity contribution in [3.8, 4) is 5.69 Å². The quantitative estimate of drug-likeness (QED) is 0.931. The Hall–Kier alpha value is -2.66. The van der Waals surface area contributed by atoms with Crippen LogP contribution in [0.25, 0.3) is 5.69 Å². The average Bonchev–Trinajstić information content (AvgIpc) is 2.93. The van der Waals surface area contributed by atoms with Crippen LogP contribution < -0.4 is 5.32 Å². The van der Waals surface area contributed by atoms with Gasteiger partial charge in [-0.2, -0.15) is 5.10 Å². The number of amides is 1. The summed E-state index contributed by atoms with van der Waals surface area (Å²) in [6.07, 6.45) is 5.22. The Morgan fingerprint density at radius 1 is 1.33 bits per heavy atom. The van der Waals surface area contributed by atoms with Crippen LogP contribution in [0.15, 0.2) is 53.9 Å². The number of hydrogen-bond acceptors (Lipinski definition) is 3. The van der Waals surface area contributed by atoms with Gasteiger partial charge in [-0.15, -0.1) is 0 Å². The zero-order valence-corrected chi connectivity index (χ0v) is 14.1. The fourth-order valence-corrected chi connectivity index (χ4v) is 2.71. The lowest BCUT2D eigenvalue weighted by atomic mass is 10.0. The molecule has 6 heteroatoms. The van der Waals surface area contributed by atoms with Crippen LogP contribution in [0, 0.1) is 6.92 Å². The van der Waals surface area contributed by atoms with Crippen LogP contribution in [0.1, 0.15) is 29.4 Å². The summed E-state index contributed by atoms with van der Waals surface area (Å²) in [6.45, 7) is 3.56. The zero-order chi connectivity index (χ0) is 17.3. The number of allylic oxidation sites excluding steroid dienone is 3. The molecule has 24 heavy (non-hydrogen) atoms. The number of hydrogen-bond donors (Lipinski definition) is 1. The lowest BCUT2D eigenvalue weighted by Gasteiger charge is -2.11. The topological polar surface area (TPSA) is 64.0 Å². The summed E-state index contributed by atoms with van der Waals surface area (Å²) >= 11 is 6.01. The third-order valence-corrected chi connectivity index (χ3v) is 4.12. The van der Waals surface area contributed by atoms with Crippen molar-refractivity contribution in [1.82, 2.24) is 15.1 Å². The molecule has 5 nitrogen and oxygen atoms in total. The highest BCUT2D eigenvalue weighted by molar-refractivity contribution is 6.30. The molecule has 1 aliphatic carbocycles. The molecule has 122 valence electrons. The lowest BCUT2D eigenvalue weighted by molar-refractivity contribution is -0.114. The fraction of sp³-hybridized carbons (Fsp3) is 0.167. The van der Waals surface area contributed by atoms with Gasteiger partial charge in [-0.25, -0.2) is 4.68 Å². The maximum absolute atomic E-state index is 12.5. The summed E-state index contributed by atoms with van der Waals surface area (Å²) in [4.78, 5) is 24.0. The Bertz CT molecular complexity index is 893. The van der Waals surface area contributed by atoms with E-state index in [4.69, 9.17) is 11.6 Å². The van der Waals surface area contributed by atoms with Crippen LogP contribution in [-0.4, -0.2) is 21.5 Å². The highest BCUT2D eigenvalue weighted by atomic mass is 35.5. The predicted octanol–water partition coefficient (Wildman–Crippen LogP) is 3.37. The molecule has 1 N–H and O–H groups in total. The number of rotatable bonds is 3. The first-order valence-electron chi connectivity index (χ1n) is 7.49. The van der Waals surface area contributed by atoms with Crippen molar-refractivity contribution in [1.29, 1.82) is 0 Å². The molecule has 0 saturated carbocycles. The standard InChI is InChI=1S/C18H16ClN3O2/c1-11-8-14(6-7-17(11)23)21-18(24)16-10-20-22(12(16)2)15-5-3-4-13(19)9-15/h3-6,8-10H,7H2,1-2H3,(H,21,24). The zero-order valence-electron chi connectivity index (χ0n) is 13.3. The van der Waals surface area contributed by atoms with Gasteiger partial charge in [-0.1, -0.05) is 23.7 Å². The number of Topliss-reactive ketones (excluding diaryl/α,β-unsaturated/α-hetero) is 1. The molecule has 1 heterocycles. The summed E-state index contributed by atoms with van der Waals surface area (Å²) < 4.78 is 1.67. The summed E-state index contributed by atoms with van der Waals surface area (Å²) in [5.74, 6) is -0.191. The monoisotopic (exact) mass is 341 g/mol. The van der Waals surface area contributed by atoms with Crippen molar-refractivity contribution in [2.75, 3.05) is 0 Å². The third-order valence-electron chi connectivity index (χ3n) is 3.88. The first-order valence-corrected chi connectivity index (χ1v) is 7.87. The van der Waals surface area contributed by atoms with Gasteiger partial charge in [0.25, 0.3) is 5.91 Å². The van der Waals surface area contributed by atoms with Gasteiger partial charge in [-0.3, -0.25) is 9.59 Å². The van der Waals surface area contributed by atoms with Crippen LogP contribution in [0.3, 0.4) is 0 Å². The van der Waals surface area contributed by atoms with Crippen molar-refractivity contribution in [2.24, 2.45) is 0 Å². The number of nitrogens with zero attached hydrogens (tertiary/aromatic N) is 2. The third kappa shape index (κ3) is 3.16. The summed E-state index contributed by atoms with van der Waals surface area (Å²) in [5, 5.41) is 7.70. The van der Waals surface area contributed by atoms with Gasteiger partial charge in [-0.05, 0) is 43.7 Å². The number of aromatic nitrogens is 2. The number of ketones is 1. The van der Waals surface area contributed by atoms with Crippen LogP contribution in [-0.2, 0) is 4.79 Å². The summed E-state index contributed by atoms with van der Waals surface area (Å²) in [5.41, 5.74) is 3.24. The van der Waals surface area contributed by atoms with Crippen LogP contribution in [0.5, 0.6) is 0 Å². The van der Waals surface area contributed by atoms with Gasteiger partial charge in [0, 0.05) is 17.1 Å². The summed E-state index contributed by atoms with van der Waals surface area (Å²) in [7, 11) is 0. The van der Waals surface area contributed by atoms with E-state index in [1.54, 1.807) is 35.9 Å². The molecule has 0 unspecified atom stereocenters. The predicted molar refractivity (Wildman–Crippen MR) is 92.2 cm³/mol. The molecule has 1 aromatic heterocycles. The largest absolute Gasteiger partial charge is 0.322 e. The first kappa shape index (κ1) is 16.2. The second-order valence-corrected chi connectivity index (χ2v) is 6.04. The lowest BCUT2D eigenvalue weighted by Crippen LogP contribution is -2.24. The van der Waals surface area contributed by atoms with E-state index in [1.165, 1.54) is 6.20 Å². The van der Waals surface area contributed by atoms with Crippen LogP contribution >= 0.6 is 11.6 Å². The molecule has 3 rings (SSSR count). The molecule has 2 aromatic rings. The molecule has 0 fully saturated rings. The minimum Gasteiger partial charge on any atom is -0.322 e. The van der Waals surface area contributed by atoms with Crippen molar-refractivity contribution in [2.45, 2.75) is 20.3 Å². The van der Waals surface area contributed by atoms with Gasteiger partial charge in [0.15, 0.2) is 5.78 Å². The number of carbonyl (C=O) groups is 2. The van der Waals surface area contributed by atoms with Crippen molar-refractivity contribution < 1.29 is 9.59 Å². The van der Waals surface area contributed by atoms with E-state index in [-0.39, 0.29) is 11.7 Å². The Labute approximate surface area is 144 Å². The fourth-order valence-electron chi connectivity index (χ4n) is 2.52. The molecule has 1 aromatic carbocycles. The number of halogens is 1. The van der Waals surface area contributed by atoms with E-state index in [1.807, 2.05) is 19.1 Å². The van der Waals surface area contributed by atoms with E-state index < -0.39 is 0 Å². The van der Waals surface area contributed by atoms with Crippen molar-refractivity contribution in [3.63, 3.8) is 0 Å². The Morgan fingerprint density at radius 2 is 2.12 bits per heavy atom. The molecule has 0 spiro atoms. The number of benzene rings is 1. The number of nitrogens with one attached hydrogen (secondary N) is 1. The molecule has 1 aliphatic rings. The normalized spacial score (nSPS) is 14.2. The van der Waals surface area contributed by atoms with E-state index in [2.05, 4.69) is 10.4 Å². The molecule has 0 radical (unpaired) electrons. The van der Waals surface area contributed by atoms with Crippen molar-refractivity contribution >= 4 is 23.3 Å². The molecule has 0 atom stereocenters. The average molecular weight is 342 g/mol. The molecular weight excluding hydrogens is 326 g/mol. The minimum atomic E-state index is -0.259. The van der Waals surface area contributed by atoms with E-state index in [9.17, 15) is 9.59 Å². The summed E-state index contributed by atoms with van der Waals surface area (Å²) in [6, 6.07) is 7.26. The highest BCUT2D eigenvalue weighted by Crippen LogP contribution is 2.19. The van der Waals surface area contributed by atoms with Crippen LogP contribution in [0.2, 0.25) is 5.02 Å². The van der Waals surface area contributed by atoms with Gasteiger partial charge >= 0.3 is 0 Å². The van der Waals surface area contributed by atoms with Gasteiger partial charge in [0.05, 0.1) is 23.1 Å². The second kappa shape index (κ2) is 6.45. The molecular formula is C18H16ClN3O2. The SMILES string of the molecule is CC1=CC(NC(=O)c2cnn(-c3cccc(Cl)c3)c2C)=CCC1=O. The van der Waals surface area contributed by atoms with E-state index in [0.29, 0.717) is 34.0 Å². The van der Waals surface area contributed by atoms with E-state index in [0.717, 1.165) is 5.69 Å². The Morgan fingerprint density at radius 3 is 2.83 bits per heavy atom. The molecule has 0 saturated heterocycles. The second-order valence-electron chi connectivity index (χ2n) is 5.60. The van der Waals surface area contributed by atoms with Crippen LogP contribution in [0.4, 0.5) is 0 Å². The van der Waals surface area contributed by atoms with E-state index >= 15 is 0 Å². The molecule has 1 amide bonds. The highest BCUT2D eigenvalue weighted by Gasteiger charge is 2.17. The minimum absolute atomic E-state index is 0.0676. The van der Waals surface area contributed by atoms with Gasteiger partial charge < -0.3 is 5.32 Å².